The SMILES string of the molecule is Cc1nnc(-c2ccncc2N2CCCCC2(C)C)s1. The maximum atomic E-state index is 4.33. The Morgan fingerprint density at radius 2 is 2.10 bits per heavy atom. The summed E-state index contributed by atoms with van der Waals surface area (Å²) in [6, 6.07) is 2.06. The first-order valence-electron chi connectivity index (χ1n) is 7.10. The summed E-state index contributed by atoms with van der Waals surface area (Å²) in [5, 5.41) is 10.4. The number of pyridine rings is 1. The van der Waals surface area contributed by atoms with E-state index in [0.717, 1.165) is 22.1 Å². The van der Waals surface area contributed by atoms with Crippen LogP contribution in [-0.2, 0) is 0 Å². The Morgan fingerprint density at radius 1 is 1.25 bits per heavy atom. The van der Waals surface area contributed by atoms with Gasteiger partial charge in [-0.25, -0.2) is 0 Å². The molecule has 5 heteroatoms. The van der Waals surface area contributed by atoms with E-state index in [-0.39, 0.29) is 5.54 Å². The zero-order chi connectivity index (χ0) is 14.2. The number of hydrogen-bond acceptors (Lipinski definition) is 5. The summed E-state index contributed by atoms with van der Waals surface area (Å²) in [7, 11) is 0. The lowest BCUT2D eigenvalue weighted by Gasteiger charge is -2.44. The predicted octanol–water partition coefficient (Wildman–Crippen LogP) is 3.68. The Balaban J connectivity index is 2.05. The van der Waals surface area contributed by atoms with Gasteiger partial charge in [-0.05, 0) is 46.1 Å². The normalized spacial score (nSPS) is 18.2. The molecule has 0 aliphatic carbocycles. The second kappa shape index (κ2) is 5.13. The standard InChI is InChI=1S/C15H20N4S/c1-11-17-18-14(20-11)12-6-8-16-10-13(12)19-9-5-4-7-15(19,2)3/h6,8,10H,4-5,7,9H2,1-3H3. The third-order valence-corrected chi connectivity index (χ3v) is 4.87. The molecule has 1 aliphatic rings. The lowest BCUT2D eigenvalue weighted by molar-refractivity contribution is 0.362. The zero-order valence-corrected chi connectivity index (χ0v) is 13.1. The molecule has 0 amide bonds. The molecular weight excluding hydrogens is 268 g/mol. The van der Waals surface area contributed by atoms with Gasteiger partial charge in [-0.2, -0.15) is 0 Å². The van der Waals surface area contributed by atoms with E-state index in [0.29, 0.717) is 0 Å². The van der Waals surface area contributed by atoms with Crippen LogP contribution in [0.15, 0.2) is 18.5 Å². The van der Waals surface area contributed by atoms with Crippen molar-refractivity contribution in [3.8, 4) is 10.6 Å². The monoisotopic (exact) mass is 288 g/mol. The van der Waals surface area contributed by atoms with Gasteiger partial charge >= 0.3 is 0 Å². The van der Waals surface area contributed by atoms with Gasteiger partial charge in [0, 0.05) is 23.8 Å². The highest BCUT2D eigenvalue weighted by Gasteiger charge is 2.31. The maximum Gasteiger partial charge on any atom is 0.149 e. The van der Waals surface area contributed by atoms with Gasteiger partial charge in [-0.3, -0.25) is 4.98 Å². The lowest BCUT2D eigenvalue weighted by Crippen LogP contribution is -2.47. The van der Waals surface area contributed by atoms with E-state index in [9.17, 15) is 0 Å². The summed E-state index contributed by atoms with van der Waals surface area (Å²) in [4.78, 5) is 6.81. The van der Waals surface area contributed by atoms with Crippen LogP contribution in [0.2, 0.25) is 0 Å². The van der Waals surface area contributed by atoms with Crippen LogP contribution in [0.3, 0.4) is 0 Å². The molecule has 0 spiro atoms. The van der Waals surface area contributed by atoms with Crippen LogP contribution in [-0.4, -0.2) is 27.3 Å². The van der Waals surface area contributed by atoms with E-state index < -0.39 is 0 Å². The van der Waals surface area contributed by atoms with Crippen molar-refractivity contribution in [2.45, 2.75) is 45.6 Å². The third-order valence-electron chi connectivity index (χ3n) is 4.00. The molecule has 0 N–H and O–H groups in total. The van der Waals surface area contributed by atoms with Crippen LogP contribution in [0.1, 0.15) is 38.1 Å². The molecule has 1 saturated heterocycles. The van der Waals surface area contributed by atoms with Crippen LogP contribution in [0.5, 0.6) is 0 Å². The number of piperidine rings is 1. The van der Waals surface area contributed by atoms with Crippen LogP contribution >= 0.6 is 11.3 Å². The Morgan fingerprint density at radius 3 is 2.80 bits per heavy atom. The van der Waals surface area contributed by atoms with Gasteiger partial charge in [-0.1, -0.05) is 11.3 Å². The first-order chi connectivity index (χ1) is 9.58. The molecule has 0 unspecified atom stereocenters. The number of hydrogen-bond donors (Lipinski definition) is 0. The van der Waals surface area contributed by atoms with Gasteiger partial charge in [0.05, 0.1) is 11.9 Å². The van der Waals surface area contributed by atoms with E-state index in [1.807, 2.05) is 19.3 Å². The second-order valence-electron chi connectivity index (χ2n) is 5.94. The van der Waals surface area contributed by atoms with E-state index >= 15 is 0 Å². The molecule has 1 fully saturated rings. The zero-order valence-electron chi connectivity index (χ0n) is 12.3. The van der Waals surface area contributed by atoms with Gasteiger partial charge < -0.3 is 4.90 Å². The molecule has 4 nitrogen and oxygen atoms in total. The molecule has 0 atom stereocenters. The summed E-state index contributed by atoms with van der Waals surface area (Å²) in [6.45, 7) is 7.71. The summed E-state index contributed by atoms with van der Waals surface area (Å²) in [5.41, 5.74) is 2.52. The molecule has 3 heterocycles. The summed E-state index contributed by atoms with van der Waals surface area (Å²) in [6.07, 6.45) is 7.58. The van der Waals surface area contributed by atoms with E-state index in [1.165, 1.54) is 24.9 Å². The van der Waals surface area contributed by atoms with Crippen molar-refractivity contribution in [2.75, 3.05) is 11.4 Å². The molecular formula is C15H20N4S. The van der Waals surface area contributed by atoms with E-state index in [2.05, 4.69) is 40.0 Å². The molecule has 0 aromatic carbocycles. The summed E-state index contributed by atoms with van der Waals surface area (Å²) >= 11 is 1.64. The highest BCUT2D eigenvalue weighted by atomic mass is 32.1. The van der Waals surface area contributed by atoms with Crippen LogP contribution in [0.25, 0.3) is 10.6 Å². The second-order valence-corrected chi connectivity index (χ2v) is 7.12. The minimum atomic E-state index is 0.176. The molecule has 0 saturated carbocycles. The smallest absolute Gasteiger partial charge is 0.149 e. The first kappa shape index (κ1) is 13.5. The molecule has 106 valence electrons. The Bertz CT molecular complexity index is 605. The van der Waals surface area contributed by atoms with E-state index in [4.69, 9.17) is 0 Å². The fourth-order valence-electron chi connectivity index (χ4n) is 2.90. The number of rotatable bonds is 2. The number of nitrogens with zero attached hydrogens (tertiary/aromatic N) is 4. The Hall–Kier alpha value is -1.49. The summed E-state index contributed by atoms with van der Waals surface area (Å²) in [5.74, 6) is 0. The minimum Gasteiger partial charge on any atom is -0.365 e. The molecule has 2 aromatic rings. The largest absolute Gasteiger partial charge is 0.365 e. The number of aromatic nitrogens is 3. The van der Waals surface area contributed by atoms with Crippen molar-refractivity contribution >= 4 is 17.0 Å². The van der Waals surface area contributed by atoms with Crippen molar-refractivity contribution in [3.05, 3.63) is 23.5 Å². The van der Waals surface area contributed by atoms with Crippen LogP contribution in [0.4, 0.5) is 5.69 Å². The topological polar surface area (TPSA) is 41.9 Å². The van der Waals surface area contributed by atoms with Gasteiger partial charge in [0.1, 0.15) is 10.0 Å². The number of aryl methyl sites for hydroxylation is 1. The molecule has 0 bridgehead atoms. The third kappa shape index (κ3) is 2.42. The average Bonchev–Trinajstić information content (AvgIpc) is 2.85. The lowest BCUT2D eigenvalue weighted by atomic mass is 9.89. The quantitative estimate of drug-likeness (QED) is 0.845. The first-order valence-corrected chi connectivity index (χ1v) is 7.92. The van der Waals surface area contributed by atoms with Crippen molar-refractivity contribution in [1.82, 2.24) is 15.2 Å². The van der Waals surface area contributed by atoms with E-state index in [1.54, 1.807) is 11.3 Å². The number of anilines is 1. The van der Waals surface area contributed by atoms with Crippen molar-refractivity contribution in [1.29, 1.82) is 0 Å². The van der Waals surface area contributed by atoms with Crippen LogP contribution < -0.4 is 4.90 Å². The van der Waals surface area contributed by atoms with Crippen LogP contribution in [0, 0.1) is 6.92 Å². The Labute approximate surface area is 123 Å². The molecule has 20 heavy (non-hydrogen) atoms. The maximum absolute atomic E-state index is 4.33. The van der Waals surface area contributed by atoms with Gasteiger partial charge in [0.15, 0.2) is 0 Å². The molecule has 0 radical (unpaired) electrons. The minimum absolute atomic E-state index is 0.176. The highest BCUT2D eigenvalue weighted by Crippen LogP contribution is 2.38. The van der Waals surface area contributed by atoms with Crippen molar-refractivity contribution in [3.63, 3.8) is 0 Å². The Kier molecular flexibility index (Phi) is 3.46. The van der Waals surface area contributed by atoms with Crippen molar-refractivity contribution < 1.29 is 0 Å². The molecule has 2 aromatic heterocycles. The average molecular weight is 288 g/mol. The fraction of sp³-hybridized carbons (Fsp3) is 0.533. The predicted molar refractivity (Wildman–Crippen MR) is 83.2 cm³/mol. The fourth-order valence-corrected chi connectivity index (χ4v) is 3.62. The summed E-state index contributed by atoms with van der Waals surface area (Å²) < 4.78 is 0. The highest BCUT2D eigenvalue weighted by molar-refractivity contribution is 7.14. The van der Waals surface area contributed by atoms with Gasteiger partial charge in [0.25, 0.3) is 0 Å². The van der Waals surface area contributed by atoms with Crippen molar-refractivity contribution in [2.24, 2.45) is 0 Å². The molecule has 3 rings (SSSR count). The van der Waals surface area contributed by atoms with Gasteiger partial charge in [-0.15, -0.1) is 10.2 Å². The molecule has 1 aliphatic heterocycles. The van der Waals surface area contributed by atoms with Gasteiger partial charge in [0.2, 0.25) is 0 Å².